The van der Waals surface area contributed by atoms with Gasteiger partial charge in [-0.2, -0.15) is 0 Å². The number of nitro benzene ring substituents is 1. The molecule has 126 valence electrons. The van der Waals surface area contributed by atoms with Gasteiger partial charge in [0.05, 0.1) is 30.3 Å². The summed E-state index contributed by atoms with van der Waals surface area (Å²) in [6.45, 7) is 0. The monoisotopic (exact) mass is 339 g/mol. The van der Waals surface area contributed by atoms with E-state index in [-0.39, 0.29) is 16.8 Å². The van der Waals surface area contributed by atoms with E-state index in [0.29, 0.717) is 11.1 Å². The zero-order valence-electron chi connectivity index (χ0n) is 13.4. The average molecular weight is 339 g/mol. The van der Waals surface area contributed by atoms with Crippen molar-refractivity contribution in [2.75, 3.05) is 14.2 Å². The minimum Gasteiger partial charge on any atom is -0.465 e. The number of methoxy groups -OCH3 is 2. The first kappa shape index (κ1) is 17.7. The van der Waals surface area contributed by atoms with Crippen LogP contribution in [-0.2, 0) is 9.47 Å². The lowest BCUT2D eigenvalue weighted by Gasteiger charge is -2.01. The summed E-state index contributed by atoms with van der Waals surface area (Å²) >= 11 is 0. The van der Waals surface area contributed by atoms with Gasteiger partial charge >= 0.3 is 11.9 Å². The molecule has 0 amide bonds. The van der Waals surface area contributed by atoms with Crippen molar-refractivity contribution in [2.45, 2.75) is 0 Å². The highest BCUT2D eigenvalue weighted by Gasteiger charge is 2.16. The maximum Gasteiger partial charge on any atom is 0.338 e. The highest BCUT2D eigenvalue weighted by atomic mass is 16.6. The molecule has 0 heterocycles. The third-order valence-corrected chi connectivity index (χ3v) is 3.26. The number of ether oxygens (including phenoxy) is 2. The van der Waals surface area contributed by atoms with E-state index in [2.05, 4.69) is 21.3 Å². The summed E-state index contributed by atoms with van der Waals surface area (Å²) in [5, 5.41) is 11.2. The van der Waals surface area contributed by atoms with Crippen molar-refractivity contribution in [2.24, 2.45) is 0 Å². The molecule has 0 aliphatic carbocycles. The van der Waals surface area contributed by atoms with Gasteiger partial charge in [0.1, 0.15) is 5.56 Å². The van der Waals surface area contributed by atoms with E-state index in [1.807, 2.05) is 0 Å². The number of hydrogen-bond donors (Lipinski definition) is 0. The second-order valence-electron chi connectivity index (χ2n) is 4.80. The second kappa shape index (κ2) is 7.75. The van der Waals surface area contributed by atoms with Crippen LogP contribution in [-0.4, -0.2) is 31.1 Å². The van der Waals surface area contributed by atoms with Crippen LogP contribution in [0.25, 0.3) is 0 Å². The molecule has 7 nitrogen and oxygen atoms in total. The molecule has 2 aromatic rings. The lowest BCUT2D eigenvalue weighted by molar-refractivity contribution is -0.385. The normalized spacial score (nSPS) is 9.52. The van der Waals surface area contributed by atoms with Crippen LogP contribution in [0, 0.1) is 22.0 Å². The third kappa shape index (κ3) is 4.20. The van der Waals surface area contributed by atoms with Gasteiger partial charge in [-0.05, 0) is 36.4 Å². The first-order valence-corrected chi connectivity index (χ1v) is 7.03. The van der Waals surface area contributed by atoms with Gasteiger partial charge in [0.15, 0.2) is 0 Å². The van der Waals surface area contributed by atoms with Gasteiger partial charge < -0.3 is 9.47 Å². The molecule has 0 aliphatic rings. The summed E-state index contributed by atoms with van der Waals surface area (Å²) in [6, 6.07) is 10.2. The quantitative estimate of drug-likeness (QED) is 0.369. The van der Waals surface area contributed by atoms with Crippen LogP contribution in [0.3, 0.4) is 0 Å². The minimum atomic E-state index is -0.666. The molecule has 0 saturated carbocycles. The van der Waals surface area contributed by atoms with Crippen LogP contribution in [0.2, 0.25) is 0 Å². The molecular formula is C18H13NO6. The molecule has 2 aromatic carbocycles. The van der Waals surface area contributed by atoms with Crippen molar-refractivity contribution in [3.05, 3.63) is 74.8 Å². The summed E-state index contributed by atoms with van der Waals surface area (Å²) in [5.41, 5.74) is 0.888. The Kier molecular flexibility index (Phi) is 5.48. The Bertz CT molecular complexity index is 890. The lowest BCUT2D eigenvalue weighted by Crippen LogP contribution is -2.03. The Morgan fingerprint density at radius 3 is 2.04 bits per heavy atom. The number of carbonyl (C=O) groups is 2. The fraction of sp³-hybridized carbons (Fsp3) is 0.111. The van der Waals surface area contributed by atoms with Crippen molar-refractivity contribution in [1.29, 1.82) is 0 Å². The zero-order valence-corrected chi connectivity index (χ0v) is 13.4. The van der Waals surface area contributed by atoms with Crippen LogP contribution < -0.4 is 0 Å². The van der Waals surface area contributed by atoms with Crippen LogP contribution in [0.4, 0.5) is 5.69 Å². The number of hydrogen-bond acceptors (Lipinski definition) is 6. The van der Waals surface area contributed by atoms with E-state index in [1.165, 1.54) is 26.4 Å². The molecular weight excluding hydrogens is 326 g/mol. The number of nitrogens with zero attached hydrogens (tertiary/aromatic N) is 1. The molecule has 0 aliphatic heterocycles. The molecule has 0 unspecified atom stereocenters. The molecule has 0 spiro atoms. The fourth-order valence-corrected chi connectivity index (χ4v) is 1.98. The standard InChI is InChI=1S/C18H13NO6/c1-24-17(20)14-7-4-12(5-8-14)3-6-13-9-10-15(18(21)25-2)11-16(13)19(22)23/h4-5,7-11H,1-2H3. The molecule has 7 heteroatoms. The fourth-order valence-electron chi connectivity index (χ4n) is 1.98. The molecule has 0 radical (unpaired) electrons. The Hall–Kier alpha value is -3.66. The van der Waals surface area contributed by atoms with Gasteiger partial charge in [0.25, 0.3) is 5.69 Å². The van der Waals surface area contributed by atoms with Gasteiger partial charge in [0, 0.05) is 11.6 Å². The van der Waals surface area contributed by atoms with Gasteiger partial charge in [-0.25, -0.2) is 9.59 Å². The van der Waals surface area contributed by atoms with Crippen LogP contribution >= 0.6 is 0 Å². The molecule has 0 aromatic heterocycles. The molecule has 0 saturated heterocycles. The first-order valence-electron chi connectivity index (χ1n) is 7.03. The highest BCUT2D eigenvalue weighted by molar-refractivity contribution is 5.90. The smallest absolute Gasteiger partial charge is 0.338 e. The van der Waals surface area contributed by atoms with Crippen molar-refractivity contribution in [3.8, 4) is 11.8 Å². The Morgan fingerprint density at radius 2 is 1.48 bits per heavy atom. The van der Waals surface area contributed by atoms with E-state index in [1.54, 1.807) is 24.3 Å². The van der Waals surface area contributed by atoms with E-state index in [4.69, 9.17) is 0 Å². The molecule has 0 N–H and O–H groups in total. The predicted octanol–water partition coefficient (Wildman–Crippen LogP) is 2.57. The number of rotatable bonds is 3. The zero-order chi connectivity index (χ0) is 18.4. The largest absolute Gasteiger partial charge is 0.465 e. The molecule has 0 atom stereocenters. The molecule has 2 rings (SSSR count). The number of benzene rings is 2. The number of nitro groups is 1. The molecule has 0 bridgehead atoms. The summed E-state index contributed by atoms with van der Waals surface area (Å²) in [7, 11) is 2.48. The van der Waals surface area contributed by atoms with Crippen LogP contribution in [0.15, 0.2) is 42.5 Å². The van der Waals surface area contributed by atoms with Gasteiger partial charge in [-0.3, -0.25) is 10.1 Å². The van der Waals surface area contributed by atoms with Gasteiger partial charge in [-0.1, -0.05) is 11.8 Å². The van der Waals surface area contributed by atoms with Crippen molar-refractivity contribution < 1.29 is 24.0 Å². The van der Waals surface area contributed by atoms with E-state index in [0.717, 1.165) is 6.07 Å². The minimum absolute atomic E-state index is 0.0715. The second-order valence-corrected chi connectivity index (χ2v) is 4.80. The van der Waals surface area contributed by atoms with Crippen molar-refractivity contribution >= 4 is 17.6 Å². The topological polar surface area (TPSA) is 95.7 Å². The SMILES string of the molecule is COC(=O)c1ccc(C#Cc2ccc(C(=O)OC)cc2[N+](=O)[O-])cc1. The van der Waals surface area contributed by atoms with E-state index >= 15 is 0 Å². The summed E-state index contributed by atoms with van der Waals surface area (Å²) < 4.78 is 9.14. The van der Waals surface area contributed by atoms with Crippen molar-refractivity contribution in [3.63, 3.8) is 0 Å². The first-order chi connectivity index (χ1) is 12.0. The third-order valence-electron chi connectivity index (χ3n) is 3.26. The summed E-state index contributed by atoms with van der Waals surface area (Å²) in [4.78, 5) is 33.4. The van der Waals surface area contributed by atoms with Crippen LogP contribution in [0.1, 0.15) is 31.8 Å². The number of carbonyl (C=O) groups excluding carboxylic acids is 2. The van der Waals surface area contributed by atoms with Gasteiger partial charge in [-0.15, -0.1) is 0 Å². The molecule has 25 heavy (non-hydrogen) atoms. The average Bonchev–Trinajstić information content (AvgIpc) is 2.65. The highest BCUT2D eigenvalue weighted by Crippen LogP contribution is 2.20. The van der Waals surface area contributed by atoms with Crippen molar-refractivity contribution in [1.82, 2.24) is 0 Å². The number of esters is 2. The summed E-state index contributed by atoms with van der Waals surface area (Å²) in [6.07, 6.45) is 0. The molecule has 0 fully saturated rings. The maximum absolute atomic E-state index is 11.5. The van der Waals surface area contributed by atoms with E-state index in [9.17, 15) is 19.7 Å². The van der Waals surface area contributed by atoms with E-state index < -0.39 is 16.9 Å². The Balaban J connectivity index is 2.34. The predicted molar refractivity (Wildman–Crippen MR) is 88.2 cm³/mol. The Morgan fingerprint density at radius 1 is 0.920 bits per heavy atom. The lowest BCUT2D eigenvalue weighted by atomic mass is 10.1. The van der Waals surface area contributed by atoms with Crippen LogP contribution in [0.5, 0.6) is 0 Å². The maximum atomic E-state index is 11.5. The Labute approximate surface area is 143 Å². The summed E-state index contributed by atoms with van der Waals surface area (Å²) in [5.74, 6) is 4.35. The van der Waals surface area contributed by atoms with Gasteiger partial charge in [0.2, 0.25) is 0 Å².